The molecule has 1 unspecified atom stereocenters. The van der Waals surface area contributed by atoms with Crippen LogP contribution in [0.2, 0.25) is 0 Å². The van der Waals surface area contributed by atoms with E-state index in [-0.39, 0.29) is 11.9 Å². The van der Waals surface area contributed by atoms with Crippen LogP contribution in [-0.2, 0) is 0 Å². The number of rotatable bonds is 2. The van der Waals surface area contributed by atoms with Crippen molar-refractivity contribution < 1.29 is 8.91 Å². The molecule has 4 nitrogen and oxygen atoms in total. The van der Waals surface area contributed by atoms with E-state index < -0.39 is 0 Å². The predicted molar refractivity (Wildman–Crippen MR) is 76.6 cm³/mol. The summed E-state index contributed by atoms with van der Waals surface area (Å²) in [5.74, 6) is 0.799. The van der Waals surface area contributed by atoms with Crippen LogP contribution < -0.4 is 5.32 Å². The van der Waals surface area contributed by atoms with Crippen molar-refractivity contribution in [1.82, 2.24) is 15.5 Å². The number of hydrogen-bond acceptors (Lipinski definition) is 4. The molecule has 6 heteroatoms. The van der Waals surface area contributed by atoms with E-state index in [0.29, 0.717) is 21.8 Å². The zero-order chi connectivity index (χ0) is 13.9. The zero-order valence-electron chi connectivity index (χ0n) is 10.9. The Labute approximate surface area is 124 Å². The molecule has 1 aromatic heterocycles. The topological polar surface area (TPSA) is 51.0 Å². The first-order valence-corrected chi connectivity index (χ1v) is 7.56. The van der Waals surface area contributed by atoms with Gasteiger partial charge < -0.3 is 9.84 Å². The molecule has 0 bridgehead atoms. The Balaban J connectivity index is 1.83. The molecule has 0 aliphatic carbocycles. The van der Waals surface area contributed by atoms with Gasteiger partial charge in [0.2, 0.25) is 0 Å². The Morgan fingerprint density at radius 3 is 3.05 bits per heavy atom. The van der Waals surface area contributed by atoms with Gasteiger partial charge in [-0.3, -0.25) is 0 Å². The minimum Gasteiger partial charge on any atom is -0.334 e. The van der Waals surface area contributed by atoms with Gasteiger partial charge in [-0.15, -0.1) is 0 Å². The number of benzene rings is 1. The summed E-state index contributed by atoms with van der Waals surface area (Å²) in [6.07, 6.45) is 4.61. The van der Waals surface area contributed by atoms with Gasteiger partial charge in [-0.1, -0.05) is 18.0 Å². The number of hydrogen-bond donors (Lipinski definition) is 1. The monoisotopic (exact) mass is 339 g/mol. The minimum atomic E-state index is -0.307. The Morgan fingerprint density at radius 1 is 1.30 bits per heavy atom. The number of aromatic nitrogens is 2. The first kappa shape index (κ1) is 13.7. The largest absolute Gasteiger partial charge is 0.334 e. The Morgan fingerprint density at radius 2 is 2.20 bits per heavy atom. The quantitative estimate of drug-likeness (QED) is 0.902. The van der Waals surface area contributed by atoms with Crippen LogP contribution in [0.4, 0.5) is 4.39 Å². The van der Waals surface area contributed by atoms with Gasteiger partial charge in [-0.05, 0) is 53.5 Å². The lowest BCUT2D eigenvalue weighted by molar-refractivity contribution is 0.402. The second kappa shape index (κ2) is 6.01. The summed E-state index contributed by atoms with van der Waals surface area (Å²) < 4.78 is 18.9. The smallest absolute Gasteiger partial charge is 0.258 e. The highest BCUT2D eigenvalue weighted by molar-refractivity contribution is 9.10. The minimum absolute atomic E-state index is 0.152. The molecule has 106 valence electrons. The molecule has 1 aliphatic rings. The van der Waals surface area contributed by atoms with Crippen LogP contribution >= 0.6 is 15.9 Å². The van der Waals surface area contributed by atoms with E-state index >= 15 is 0 Å². The molecule has 0 amide bonds. The average Bonchev–Trinajstić information content (AvgIpc) is 2.78. The van der Waals surface area contributed by atoms with Crippen molar-refractivity contribution in [2.75, 3.05) is 6.54 Å². The van der Waals surface area contributed by atoms with Crippen molar-refractivity contribution in [2.45, 2.75) is 31.7 Å². The summed E-state index contributed by atoms with van der Waals surface area (Å²) in [6.45, 7) is 0.983. The molecule has 1 saturated heterocycles. The van der Waals surface area contributed by atoms with Crippen molar-refractivity contribution >= 4 is 15.9 Å². The summed E-state index contributed by atoms with van der Waals surface area (Å²) in [4.78, 5) is 4.43. The van der Waals surface area contributed by atoms with Gasteiger partial charge in [0.15, 0.2) is 5.82 Å². The average molecular weight is 340 g/mol. The van der Waals surface area contributed by atoms with E-state index in [4.69, 9.17) is 4.52 Å². The third-order valence-corrected chi connectivity index (χ3v) is 4.09. The van der Waals surface area contributed by atoms with E-state index in [1.54, 1.807) is 12.1 Å². The standard InChI is InChI=1S/C14H15BrFN3O/c15-10-8-9(5-6-11(10)16)14-18-13(19-20-14)12-4-2-1-3-7-17-12/h5-6,8,12,17H,1-4,7H2. The van der Waals surface area contributed by atoms with Gasteiger partial charge in [0.1, 0.15) is 5.82 Å². The van der Waals surface area contributed by atoms with Crippen LogP contribution in [0.3, 0.4) is 0 Å². The maximum absolute atomic E-state index is 13.2. The highest BCUT2D eigenvalue weighted by Gasteiger charge is 2.20. The fourth-order valence-electron chi connectivity index (χ4n) is 2.37. The van der Waals surface area contributed by atoms with Crippen molar-refractivity contribution in [3.63, 3.8) is 0 Å². The number of halogens is 2. The molecule has 1 aromatic carbocycles. The van der Waals surface area contributed by atoms with Crippen LogP contribution in [0, 0.1) is 5.82 Å². The van der Waals surface area contributed by atoms with Crippen molar-refractivity contribution in [3.8, 4) is 11.5 Å². The molecular weight excluding hydrogens is 325 g/mol. The first-order chi connectivity index (χ1) is 9.74. The normalized spacial score (nSPS) is 19.8. The molecule has 0 spiro atoms. The highest BCUT2D eigenvalue weighted by Crippen LogP contribution is 2.26. The number of nitrogens with one attached hydrogen (secondary N) is 1. The summed E-state index contributed by atoms with van der Waals surface area (Å²) in [6, 6.07) is 4.82. The van der Waals surface area contributed by atoms with Crippen LogP contribution in [0.1, 0.15) is 37.5 Å². The molecule has 20 heavy (non-hydrogen) atoms. The third-order valence-electron chi connectivity index (χ3n) is 3.48. The molecule has 1 N–H and O–H groups in total. The van der Waals surface area contributed by atoms with Crippen molar-refractivity contribution in [1.29, 1.82) is 0 Å². The molecular formula is C14H15BrFN3O. The second-order valence-electron chi connectivity index (χ2n) is 4.94. The van der Waals surface area contributed by atoms with Gasteiger partial charge in [-0.25, -0.2) is 4.39 Å². The lowest BCUT2D eigenvalue weighted by atomic mass is 10.1. The molecule has 2 aromatic rings. The third kappa shape index (κ3) is 2.91. The van der Waals surface area contributed by atoms with E-state index in [1.807, 2.05) is 0 Å². The van der Waals surface area contributed by atoms with Gasteiger partial charge in [-0.2, -0.15) is 4.98 Å². The summed E-state index contributed by atoms with van der Waals surface area (Å²) >= 11 is 3.16. The molecule has 0 saturated carbocycles. The molecule has 1 aliphatic heterocycles. The van der Waals surface area contributed by atoms with Crippen LogP contribution in [0.5, 0.6) is 0 Å². The lowest BCUT2D eigenvalue weighted by Gasteiger charge is -2.09. The summed E-state index contributed by atoms with van der Waals surface area (Å²) in [5, 5.41) is 7.48. The number of nitrogens with zero attached hydrogens (tertiary/aromatic N) is 2. The zero-order valence-corrected chi connectivity index (χ0v) is 12.5. The fraction of sp³-hybridized carbons (Fsp3) is 0.429. The van der Waals surface area contributed by atoms with Crippen LogP contribution in [0.25, 0.3) is 11.5 Å². The maximum Gasteiger partial charge on any atom is 0.258 e. The second-order valence-corrected chi connectivity index (χ2v) is 5.80. The highest BCUT2D eigenvalue weighted by atomic mass is 79.9. The molecule has 2 heterocycles. The van der Waals surface area contributed by atoms with E-state index in [0.717, 1.165) is 13.0 Å². The van der Waals surface area contributed by atoms with E-state index in [2.05, 4.69) is 31.4 Å². The van der Waals surface area contributed by atoms with Crippen molar-refractivity contribution in [2.24, 2.45) is 0 Å². The fourth-order valence-corrected chi connectivity index (χ4v) is 2.75. The molecule has 1 atom stereocenters. The summed E-state index contributed by atoms with van der Waals surface area (Å²) in [7, 11) is 0. The Bertz CT molecular complexity index is 594. The van der Waals surface area contributed by atoms with Crippen LogP contribution in [0.15, 0.2) is 27.2 Å². The first-order valence-electron chi connectivity index (χ1n) is 6.76. The van der Waals surface area contributed by atoms with E-state index in [9.17, 15) is 4.39 Å². The Hall–Kier alpha value is -1.27. The molecule has 1 fully saturated rings. The van der Waals surface area contributed by atoms with Gasteiger partial charge >= 0.3 is 0 Å². The predicted octanol–water partition coefficient (Wildman–Crippen LogP) is 3.84. The Kier molecular flexibility index (Phi) is 4.12. The lowest BCUT2D eigenvalue weighted by Crippen LogP contribution is -2.21. The molecule has 3 rings (SSSR count). The van der Waals surface area contributed by atoms with Gasteiger partial charge in [0.25, 0.3) is 5.89 Å². The van der Waals surface area contributed by atoms with Crippen molar-refractivity contribution in [3.05, 3.63) is 34.3 Å². The van der Waals surface area contributed by atoms with Gasteiger partial charge in [0.05, 0.1) is 10.5 Å². The van der Waals surface area contributed by atoms with Crippen LogP contribution in [-0.4, -0.2) is 16.7 Å². The summed E-state index contributed by atoms with van der Waals surface area (Å²) in [5.41, 5.74) is 0.714. The SMILES string of the molecule is Fc1ccc(-c2nc(C3CCCCCN3)no2)cc1Br. The van der Waals surface area contributed by atoms with Gasteiger partial charge in [0, 0.05) is 5.56 Å². The maximum atomic E-state index is 13.2. The van der Waals surface area contributed by atoms with E-state index in [1.165, 1.54) is 25.3 Å². The molecule has 0 radical (unpaired) electrons.